The molecule has 2 nitrogen and oxygen atoms in total. The number of anilines is 1. The second kappa shape index (κ2) is 3.33. The zero-order valence-corrected chi connectivity index (χ0v) is 9.09. The largest absolute Gasteiger partial charge is 0.354 e. The van der Waals surface area contributed by atoms with Gasteiger partial charge in [-0.15, -0.1) is 11.6 Å². The fraction of sp³-hybridized carbons (Fsp3) is 0.400. The Balaban J connectivity index is 2.07. The summed E-state index contributed by atoms with van der Waals surface area (Å²) in [6.45, 7) is 1.73. The minimum Gasteiger partial charge on any atom is -0.354 e. The van der Waals surface area contributed by atoms with Gasteiger partial charge in [0.15, 0.2) is 6.23 Å². The van der Waals surface area contributed by atoms with Crippen LogP contribution < -0.4 is 4.90 Å². The van der Waals surface area contributed by atoms with Crippen LogP contribution in [0.25, 0.3) is 0 Å². The average Bonchev–Trinajstić information content (AvgIpc) is 2.67. The van der Waals surface area contributed by atoms with Crippen LogP contribution in [0.3, 0.4) is 0 Å². The number of fused-ring (bicyclic) bond motifs is 3. The van der Waals surface area contributed by atoms with E-state index in [2.05, 4.69) is 23.1 Å². The summed E-state index contributed by atoms with van der Waals surface area (Å²) in [7, 11) is 0. The molecule has 1 aromatic rings. The number of hydrogen-bond donors (Lipinski definition) is 0. The molecule has 2 aliphatic rings. The Morgan fingerprint density at radius 1 is 1.43 bits per heavy atom. The van der Waals surface area contributed by atoms with Crippen LogP contribution >= 0.6 is 23.4 Å². The predicted molar refractivity (Wildman–Crippen MR) is 59.0 cm³/mol. The van der Waals surface area contributed by atoms with Crippen LogP contribution in [0.5, 0.6) is 0 Å². The fourth-order valence-corrected chi connectivity index (χ4v) is 3.48. The predicted octanol–water partition coefficient (Wildman–Crippen LogP) is 2.52. The van der Waals surface area contributed by atoms with Crippen LogP contribution in [0.2, 0.25) is 0 Å². The lowest BCUT2D eigenvalue weighted by atomic mass is 10.3. The summed E-state index contributed by atoms with van der Waals surface area (Å²) in [4.78, 5) is 3.51. The van der Waals surface area contributed by atoms with E-state index in [0.717, 1.165) is 13.2 Å². The minimum atomic E-state index is 0.00685. The van der Waals surface area contributed by atoms with Crippen LogP contribution in [0.1, 0.15) is 0 Å². The molecule has 1 saturated heterocycles. The Labute approximate surface area is 92.2 Å². The number of thioether (sulfide) groups is 1. The van der Waals surface area contributed by atoms with Crippen molar-refractivity contribution in [1.82, 2.24) is 0 Å². The maximum atomic E-state index is 6.24. The van der Waals surface area contributed by atoms with E-state index < -0.39 is 0 Å². The molecule has 1 fully saturated rings. The van der Waals surface area contributed by atoms with Gasteiger partial charge in [-0.3, -0.25) is 0 Å². The maximum Gasteiger partial charge on any atom is 0.156 e. The number of rotatable bonds is 0. The first-order valence-corrected chi connectivity index (χ1v) is 5.96. The Bertz CT molecular complexity index is 360. The van der Waals surface area contributed by atoms with Gasteiger partial charge in [-0.05, 0) is 12.1 Å². The van der Waals surface area contributed by atoms with Crippen molar-refractivity contribution in [3.8, 4) is 0 Å². The molecule has 0 spiro atoms. The molecule has 14 heavy (non-hydrogen) atoms. The summed E-state index contributed by atoms with van der Waals surface area (Å²) in [5.74, 6) is 0. The first-order chi connectivity index (χ1) is 6.86. The Morgan fingerprint density at radius 3 is 3.21 bits per heavy atom. The van der Waals surface area contributed by atoms with Crippen LogP contribution in [0.15, 0.2) is 29.2 Å². The highest BCUT2D eigenvalue weighted by Gasteiger charge is 2.37. The molecule has 0 bridgehead atoms. The molecule has 2 atom stereocenters. The molecule has 2 unspecified atom stereocenters. The lowest BCUT2D eigenvalue weighted by Crippen LogP contribution is -2.38. The highest BCUT2D eigenvalue weighted by molar-refractivity contribution is 8.01. The summed E-state index contributed by atoms with van der Waals surface area (Å²) in [6, 6.07) is 8.35. The van der Waals surface area contributed by atoms with E-state index in [1.165, 1.54) is 10.6 Å². The summed E-state index contributed by atoms with van der Waals surface area (Å²) >= 11 is 7.93. The molecular formula is C10H10ClNOS. The monoisotopic (exact) mass is 227 g/mol. The zero-order valence-electron chi connectivity index (χ0n) is 7.52. The maximum absolute atomic E-state index is 6.24. The molecule has 3 rings (SSSR count). The van der Waals surface area contributed by atoms with Crippen molar-refractivity contribution in [2.24, 2.45) is 0 Å². The fourth-order valence-electron chi connectivity index (χ4n) is 1.94. The lowest BCUT2D eigenvalue weighted by molar-refractivity contribution is 0.123. The summed E-state index contributed by atoms with van der Waals surface area (Å²) < 4.78 is 5.61. The number of halogens is 1. The summed E-state index contributed by atoms with van der Waals surface area (Å²) in [6.07, 6.45) is 0.0524. The molecule has 0 saturated carbocycles. The number of hydrogen-bond acceptors (Lipinski definition) is 3. The molecule has 2 aliphatic heterocycles. The Kier molecular flexibility index (Phi) is 2.11. The van der Waals surface area contributed by atoms with Crippen molar-refractivity contribution in [2.75, 3.05) is 18.1 Å². The molecule has 0 aromatic heterocycles. The molecule has 4 heteroatoms. The van der Waals surface area contributed by atoms with E-state index >= 15 is 0 Å². The van der Waals surface area contributed by atoms with Crippen molar-refractivity contribution < 1.29 is 4.74 Å². The topological polar surface area (TPSA) is 12.5 Å². The minimum absolute atomic E-state index is 0.00685. The standard InChI is InChI=1S/C10H10ClNOS/c11-9-10-12(5-6-13-10)7-3-1-2-4-8(7)14-9/h1-4,9-10H,5-6H2. The molecule has 0 radical (unpaired) electrons. The smallest absolute Gasteiger partial charge is 0.156 e. The molecular weight excluding hydrogens is 218 g/mol. The first kappa shape index (κ1) is 8.89. The van der Waals surface area contributed by atoms with E-state index in [1.54, 1.807) is 11.8 Å². The van der Waals surface area contributed by atoms with E-state index in [4.69, 9.17) is 16.3 Å². The van der Waals surface area contributed by atoms with Crippen LogP contribution in [-0.4, -0.2) is 24.1 Å². The molecule has 1 aromatic carbocycles. The van der Waals surface area contributed by atoms with Crippen molar-refractivity contribution in [3.63, 3.8) is 0 Å². The SMILES string of the molecule is ClC1Sc2ccccc2N2CCOC12. The van der Waals surface area contributed by atoms with Gasteiger partial charge in [0.25, 0.3) is 0 Å². The van der Waals surface area contributed by atoms with Gasteiger partial charge in [0.05, 0.1) is 12.3 Å². The number of para-hydroxylation sites is 1. The van der Waals surface area contributed by atoms with Gasteiger partial charge in [0.2, 0.25) is 0 Å². The van der Waals surface area contributed by atoms with Crippen LogP contribution in [0.4, 0.5) is 5.69 Å². The number of alkyl halides is 1. The Hall–Kier alpha value is -0.380. The van der Waals surface area contributed by atoms with Crippen molar-refractivity contribution in [2.45, 2.75) is 15.8 Å². The Morgan fingerprint density at radius 2 is 2.29 bits per heavy atom. The van der Waals surface area contributed by atoms with E-state index in [9.17, 15) is 0 Å². The second-order valence-corrected chi connectivity index (χ2v) is 5.30. The summed E-state index contributed by atoms with van der Waals surface area (Å²) in [5, 5.41) is 0. The lowest BCUT2D eigenvalue weighted by Gasteiger charge is -2.34. The van der Waals surface area contributed by atoms with E-state index in [0.29, 0.717) is 0 Å². The number of nitrogens with zero attached hydrogens (tertiary/aromatic N) is 1. The van der Waals surface area contributed by atoms with Gasteiger partial charge in [0.1, 0.15) is 4.71 Å². The molecule has 0 aliphatic carbocycles. The zero-order chi connectivity index (χ0) is 9.54. The third-order valence-electron chi connectivity index (χ3n) is 2.57. The highest BCUT2D eigenvalue weighted by atomic mass is 35.5. The normalized spacial score (nSPS) is 29.9. The van der Waals surface area contributed by atoms with E-state index in [1.807, 2.05) is 6.07 Å². The van der Waals surface area contributed by atoms with Gasteiger partial charge < -0.3 is 9.64 Å². The van der Waals surface area contributed by atoms with Crippen LogP contribution in [0, 0.1) is 0 Å². The van der Waals surface area contributed by atoms with Crippen molar-refractivity contribution >= 4 is 29.1 Å². The quantitative estimate of drug-likeness (QED) is 0.632. The molecule has 2 heterocycles. The molecule has 74 valence electrons. The van der Waals surface area contributed by atoms with Crippen molar-refractivity contribution in [1.29, 1.82) is 0 Å². The number of ether oxygens (including phenoxy) is 1. The molecule has 0 N–H and O–H groups in total. The summed E-state index contributed by atoms with van der Waals surface area (Å²) in [5.41, 5.74) is 1.26. The highest BCUT2D eigenvalue weighted by Crippen LogP contribution is 2.44. The van der Waals surface area contributed by atoms with Gasteiger partial charge >= 0.3 is 0 Å². The second-order valence-electron chi connectivity index (χ2n) is 3.39. The van der Waals surface area contributed by atoms with E-state index in [-0.39, 0.29) is 10.9 Å². The first-order valence-electron chi connectivity index (χ1n) is 4.64. The van der Waals surface area contributed by atoms with Gasteiger partial charge in [-0.2, -0.15) is 0 Å². The van der Waals surface area contributed by atoms with Gasteiger partial charge in [-0.1, -0.05) is 23.9 Å². The van der Waals surface area contributed by atoms with Crippen molar-refractivity contribution in [3.05, 3.63) is 24.3 Å². The third-order valence-corrected chi connectivity index (χ3v) is 4.11. The van der Waals surface area contributed by atoms with Gasteiger partial charge in [0, 0.05) is 11.4 Å². The third kappa shape index (κ3) is 1.23. The average molecular weight is 228 g/mol. The molecule has 0 amide bonds. The van der Waals surface area contributed by atoms with Gasteiger partial charge in [-0.25, -0.2) is 0 Å². The van der Waals surface area contributed by atoms with Crippen LogP contribution in [-0.2, 0) is 4.74 Å². The number of benzene rings is 1.